The van der Waals surface area contributed by atoms with E-state index in [0.29, 0.717) is 0 Å². The van der Waals surface area contributed by atoms with Gasteiger partial charge in [-0.05, 0) is 0 Å². The van der Waals surface area contributed by atoms with E-state index in [-0.39, 0.29) is 0 Å². The fourth-order valence-electron chi connectivity index (χ4n) is 0.947. The van der Waals surface area contributed by atoms with Gasteiger partial charge in [0.25, 0.3) is 13.8 Å². The van der Waals surface area contributed by atoms with Gasteiger partial charge in [-0.15, -0.1) is 0 Å². The van der Waals surface area contributed by atoms with Gasteiger partial charge in [-0.1, -0.05) is 0 Å². The molecule has 0 rings (SSSR count). The number of halogens is 9. The van der Waals surface area contributed by atoms with Gasteiger partial charge in [0.2, 0.25) is 0 Å². The molecule has 0 aliphatic carbocycles. The second kappa shape index (κ2) is 6.12. The standard InChI is InChI=1S/C5H3F9O6S3/c6-2(7,4(10,11)12)3(8,9)5(13,14)23(19,20)1(21(15)16)22(17)18/h1H,(H,15,16)(H,17,18). The Morgan fingerprint density at radius 3 is 1.26 bits per heavy atom. The molecule has 6 nitrogen and oxygen atoms in total. The van der Waals surface area contributed by atoms with Gasteiger partial charge < -0.3 is 9.11 Å². The highest BCUT2D eigenvalue weighted by molar-refractivity contribution is 8.18. The summed E-state index contributed by atoms with van der Waals surface area (Å²) in [5.74, 6) is -15.2. The highest BCUT2D eigenvalue weighted by Crippen LogP contribution is 2.55. The molecule has 0 fully saturated rings. The molecule has 0 heterocycles. The van der Waals surface area contributed by atoms with E-state index in [1.807, 2.05) is 0 Å². The van der Waals surface area contributed by atoms with Gasteiger partial charge in [0, 0.05) is 0 Å². The van der Waals surface area contributed by atoms with Crippen molar-refractivity contribution in [2.24, 2.45) is 0 Å². The minimum atomic E-state index is -7.66. The van der Waals surface area contributed by atoms with Crippen molar-refractivity contribution in [1.82, 2.24) is 0 Å². The third-order valence-electron chi connectivity index (χ3n) is 2.06. The molecule has 23 heavy (non-hydrogen) atoms. The van der Waals surface area contributed by atoms with Crippen molar-refractivity contribution in [3.05, 3.63) is 0 Å². The minimum Gasteiger partial charge on any atom is -0.304 e. The molecule has 140 valence electrons. The van der Waals surface area contributed by atoms with Crippen molar-refractivity contribution in [2.75, 3.05) is 0 Å². The summed E-state index contributed by atoms with van der Waals surface area (Å²) in [5, 5.41) is -7.32. The molecule has 0 aromatic rings. The van der Waals surface area contributed by atoms with Gasteiger partial charge >= 0.3 is 23.3 Å². The zero-order valence-electron chi connectivity index (χ0n) is 9.73. The second-order valence-electron chi connectivity index (χ2n) is 3.55. The van der Waals surface area contributed by atoms with Crippen molar-refractivity contribution >= 4 is 32.0 Å². The first-order chi connectivity index (χ1) is 9.76. The average Bonchev–Trinajstić information content (AvgIpc) is 2.24. The Labute approximate surface area is 125 Å². The first kappa shape index (κ1) is 22.5. The van der Waals surface area contributed by atoms with Crippen molar-refractivity contribution in [3.63, 3.8) is 0 Å². The largest absolute Gasteiger partial charge is 0.460 e. The maximum absolute atomic E-state index is 13.2. The van der Waals surface area contributed by atoms with Crippen LogP contribution in [0.4, 0.5) is 39.5 Å². The Balaban J connectivity index is 6.47. The summed E-state index contributed by atoms with van der Waals surface area (Å²) in [6.45, 7) is 0. The van der Waals surface area contributed by atoms with Crippen LogP contribution in [0.3, 0.4) is 0 Å². The predicted molar refractivity (Wildman–Crippen MR) is 55.1 cm³/mol. The van der Waals surface area contributed by atoms with Crippen LogP contribution in [0.5, 0.6) is 0 Å². The highest BCUT2D eigenvalue weighted by atomic mass is 32.3. The van der Waals surface area contributed by atoms with E-state index in [2.05, 4.69) is 0 Å². The van der Waals surface area contributed by atoms with Crippen molar-refractivity contribution in [3.8, 4) is 0 Å². The SMILES string of the molecule is O=S(O)C(S(=O)O)S(=O)(=O)C(F)(F)C(F)(F)C(F)(F)C(F)(F)F. The zero-order valence-corrected chi connectivity index (χ0v) is 12.2. The summed E-state index contributed by atoms with van der Waals surface area (Å²) in [5.41, 5.74) is 0. The molecule has 2 atom stereocenters. The Bertz CT molecular complexity index is 596. The Hall–Kier alpha value is -0.460. The van der Waals surface area contributed by atoms with E-state index in [4.69, 9.17) is 9.11 Å². The summed E-state index contributed by atoms with van der Waals surface area (Å²) in [4.78, 5) is 0. The molecule has 2 N–H and O–H groups in total. The van der Waals surface area contributed by atoms with Crippen LogP contribution in [-0.2, 0) is 32.0 Å². The van der Waals surface area contributed by atoms with Crippen LogP contribution in [0.25, 0.3) is 0 Å². The van der Waals surface area contributed by atoms with Gasteiger partial charge in [0.1, 0.15) is 0 Å². The highest BCUT2D eigenvalue weighted by Gasteiger charge is 2.86. The average molecular weight is 426 g/mol. The molecule has 2 unspecified atom stereocenters. The zero-order chi connectivity index (χ0) is 19.2. The summed E-state index contributed by atoms with van der Waals surface area (Å²) >= 11 is -8.62. The van der Waals surface area contributed by atoms with Gasteiger partial charge in [-0.3, -0.25) is 0 Å². The quantitative estimate of drug-likeness (QED) is 0.493. The molecule has 0 aliphatic heterocycles. The first-order valence-corrected chi connectivity index (χ1v) is 8.28. The third-order valence-corrected chi connectivity index (χ3v) is 7.69. The smallest absolute Gasteiger partial charge is 0.304 e. The molecule has 0 aliphatic rings. The molecular weight excluding hydrogens is 423 g/mol. The van der Waals surface area contributed by atoms with Gasteiger partial charge in [-0.25, -0.2) is 16.8 Å². The van der Waals surface area contributed by atoms with Crippen LogP contribution >= 0.6 is 0 Å². The monoisotopic (exact) mass is 426 g/mol. The molecule has 0 spiro atoms. The Morgan fingerprint density at radius 2 is 1.04 bits per heavy atom. The third kappa shape index (κ3) is 3.35. The normalized spacial score (nSPS) is 19.3. The van der Waals surface area contributed by atoms with Crippen molar-refractivity contribution in [2.45, 2.75) is 27.2 Å². The van der Waals surface area contributed by atoms with Crippen molar-refractivity contribution in [1.29, 1.82) is 0 Å². The molecule has 0 saturated carbocycles. The lowest BCUT2D eigenvalue weighted by Crippen LogP contribution is -2.64. The summed E-state index contributed by atoms with van der Waals surface area (Å²) < 4.78 is 168. The Kier molecular flexibility index (Phi) is 6.00. The van der Waals surface area contributed by atoms with Crippen LogP contribution < -0.4 is 0 Å². The predicted octanol–water partition coefficient (Wildman–Crippen LogP) is 1.55. The van der Waals surface area contributed by atoms with E-state index in [9.17, 15) is 56.3 Å². The van der Waals surface area contributed by atoms with Crippen LogP contribution in [0.1, 0.15) is 0 Å². The van der Waals surface area contributed by atoms with Crippen LogP contribution in [0, 0.1) is 0 Å². The second-order valence-corrected chi connectivity index (χ2v) is 8.57. The van der Waals surface area contributed by atoms with Crippen molar-refractivity contribution < 1.29 is 65.5 Å². The number of hydrogen-bond donors (Lipinski definition) is 2. The minimum absolute atomic E-state index is 4.19. The van der Waals surface area contributed by atoms with Gasteiger partial charge in [0.15, 0.2) is 22.2 Å². The Morgan fingerprint density at radius 1 is 0.739 bits per heavy atom. The number of sulfone groups is 1. The number of rotatable bonds is 6. The topological polar surface area (TPSA) is 109 Å². The van der Waals surface area contributed by atoms with Gasteiger partial charge in [-0.2, -0.15) is 39.5 Å². The maximum atomic E-state index is 13.2. The lowest BCUT2D eigenvalue weighted by Gasteiger charge is -2.33. The first-order valence-electron chi connectivity index (χ1n) is 4.39. The summed E-state index contributed by atoms with van der Waals surface area (Å²) in [6.07, 6.45) is -7.33. The van der Waals surface area contributed by atoms with Gasteiger partial charge in [0.05, 0.1) is 0 Å². The van der Waals surface area contributed by atoms with E-state index in [0.717, 1.165) is 0 Å². The number of hydrogen-bond acceptors (Lipinski definition) is 4. The van der Waals surface area contributed by atoms with E-state index < -0.39 is 59.2 Å². The van der Waals surface area contributed by atoms with E-state index >= 15 is 0 Å². The molecule has 18 heteroatoms. The lowest BCUT2D eigenvalue weighted by molar-refractivity contribution is -0.382. The molecule has 0 saturated heterocycles. The molecular formula is C5H3F9O6S3. The van der Waals surface area contributed by atoms with Crippen LogP contribution in [0.15, 0.2) is 0 Å². The molecule has 0 aromatic carbocycles. The summed E-state index contributed by atoms with van der Waals surface area (Å²) in [7, 11) is -7.46. The fourth-order valence-corrected chi connectivity index (χ4v) is 4.70. The molecule has 0 radical (unpaired) electrons. The molecule has 0 aromatic heterocycles. The molecule has 0 amide bonds. The maximum Gasteiger partial charge on any atom is 0.460 e. The number of alkyl halides is 9. The molecule has 0 bridgehead atoms. The lowest BCUT2D eigenvalue weighted by atomic mass is 10.1. The fraction of sp³-hybridized carbons (Fsp3) is 1.00. The van der Waals surface area contributed by atoms with Crippen LogP contribution in [0.2, 0.25) is 0 Å². The summed E-state index contributed by atoms with van der Waals surface area (Å²) in [6, 6.07) is 0. The van der Waals surface area contributed by atoms with E-state index in [1.54, 1.807) is 0 Å². The van der Waals surface area contributed by atoms with Crippen LogP contribution in [-0.4, -0.2) is 53.1 Å². The van der Waals surface area contributed by atoms with E-state index in [1.165, 1.54) is 0 Å².